The van der Waals surface area contributed by atoms with E-state index in [1.54, 1.807) is 0 Å². The van der Waals surface area contributed by atoms with Crippen molar-refractivity contribution in [3.8, 4) is 5.75 Å². The maximum atomic E-state index is 5.80. The van der Waals surface area contributed by atoms with Gasteiger partial charge in [0, 0.05) is 30.6 Å². The Balaban J connectivity index is 1.62. The minimum Gasteiger partial charge on any atom is -0.493 e. The number of likely N-dealkylation sites (tertiary alicyclic amines) is 1. The first-order valence-electron chi connectivity index (χ1n) is 7.55. The Bertz CT molecular complexity index is 421. The molecule has 1 aromatic rings. The van der Waals surface area contributed by atoms with Crippen LogP contribution in [0.15, 0.2) is 24.3 Å². The van der Waals surface area contributed by atoms with Gasteiger partial charge in [0.25, 0.3) is 0 Å². The van der Waals surface area contributed by atoms with Gasteiger partial charge in [-0.25, -0.2) is 0 Å². The number of para-hydroxylation sites is 1. The molecule has 0 aromatic heterocycles. The summed E-state index contributed by atoms with van der Waals surface area (Å²) in [5.41, 5.74) is 1.40. The van der Waals surface area contributed by atoms with E-state index >= 15 is 0 Å². The van der Waals surface area contributed by atoms with E-state index < -0.39 is 0 Å². The first kappa shape index (κ1) is 12.9. The third kappa shape index (κ3) is 2.77. The fourth-order valence-corrected chi connectivity index (χ4v) is 3.34. The summed E-state index contributed by atoms with van der Waals surface area (Å²) < 4.78 is 5.80. The molecule has 1 fully saturated rings. The summed E-state index contributed by atoms with van der Waals surface area (Å²) in [6, 6.07) is 9.22. The number of nitrogens with zero attached hydrogens (tertiary/aromatic N) is 1. The summed E-state index contributed by atoms with van der Waals surface area (Å²) in [4.78, 5) is 2.65. The molecule has 0 saturated carbocycles. The Morgan fingerprint density at radius 3 is 3.16 bits per heavy atom. The highest BCUT2D eigenvalue weighted by Crippen LogP contribution is 2.35. The molecular formula is C16H24N2O. The van der Waals surface area contributed by atoms with Crippen LogP contribution < -0.4 is 10.1 Å². The van der Waals surface area contributed by atoms with Crippen molar-refractivity contribution in [2.45, 2.75) is 31.7 Å². The second kappa shape index (κ2) is 5.93. The van der Waals surface area contributed by atoms with Crippen LogP contribution in [0.4, 0.5) is 0 Å². The van der Waals surface area contributed by atoms with Gasteiger partial charge in [-0.05, 0) is 32.0 Å². The van der Waals surface area contributed by atoms with E-state index in [9.17, 15) is 0 Å². The average molecular weight is 260 g/mol. The fourth-order valence-electron chi connectivity index (χ4n) is 3.34. The van der Waals surface area contributed by atoms with Crippen LogP contribution in [-0.4, -0.2) is 43.7 Å². The van der Waals surface area contributed by atoms with Crippen LogP contribution in [0.2, 0.25) is 0 Å². The van der Waals surface area contributed by atoms with E-state index in [1.165, 1.54) is 24.9 Å². The van der Waals surface area contributed by atoms with Gasteiger partial charge in [0.1, 0.15) is 5.75 Å². The van der Waals surface area contributed by atoms with Gasteiger partial charge < -0.3 is 10.1 Å². The lowest BCUT2D eigenvalue weighted by Gasteiger charge is -2.27. The molecule has 1 saturated heterocycles. The molecule has 1 aromatic carbocycles. The number of ether oxygens (including phenoxy) is 1. The van der Waals surface area contributed by atoms with Gasteiger partial charge in [-0.2, -0.15) is 0 Å². The number of rotatable bonds is 5. The van der Waals surface area contributed by atoms with Crippen LogP contribution in [0.3, 0.4) is 0 Å². The van der Waals surface area contributed by atoms with Gasteiger partial charge in [0.15, 0.2) is 0 Å². The summed E-state index contributed by atoms with van der Waals surface area (Å²) in [6.45, 7) is 7.62. The first-order valence-corrected chi connectivity index (χ1v) is 7.55. The molecule has 0 radical (unpaired) electrons. The molecule has 2 heterocycles. The minimum atomic E-state index is 0.554. The normalized spacial score (nSPS) is 26.4. The second-order valence-electron chi connectivity index (χ2n) is 5.64. The maximum absolute atomic E-state index is 5.80. The monoisotopic (exact) mass is 260 g/mol. The molecule has 0 spiro atoms. The van der Waals surface area contributed by atoms with Crippen LogP contribution in [0.1, 0.15) is 31.2 Å². The molecule has 0 aliphatic carbocycles. The smallest absolute Gasteiger partial charge is 0.122 e. The Morgan fingerprint density at radius 2 is 2.26 bits per heavy atom. The Hall–Kier alpha value is -1.06. The van der Waals surface area contributed by atoms with Crippen molar-refractivity contribution in [2.24, 2.45) is 0 Å². The molecule has 3 nitrogen and oxygen atoms in total. The third-order valence-electron chi connectivity index (χ3n) is 4.38. The molecule has 3 heteroatoms. The van der Waals surface area contributed by atoms with E-state index in [2.05, 4.69) is 41.4 Å². The number of likely N-dealkylation sites (N-methyl/N-ethyl adjacent to an activating group) is 1. The number of fused-ring (bicyclic) bond motifs is 1. The Labute approximate surface area is 115 Å². The van der Waals surface area contributed by atoms with Crippen LogP contribution >= 0.6 is 0 Å². The predicted octanol–water partition coefficient (Wildman–Crippen LogP) is 2.24. The highest BCUT2D eigenvalue weighted by molar-refractivity contribution is 5.39. The molecule has 104 valence electrons. The summed E-state index contributed by atoms with van der Waals surface area (Å²) in [5.74, 6) is 1.65. The van der Waals surface area contributed by atoms with Gasteiger partial charge in [-0.15, -0.1) is 0 Å². The summed E-state index contributed by atoms with van der Waals surface area (Å²) in [5, 5.41) is 3.49. The lowest BCUT2D eigenvalue weighted by molar-refractivity contribution is 0.215. The molecule has 19 heavy (non-hydrogen) atoms. The van der Waals surface area contributed by atoms with Crippen molar-refractivity contribution < 1.29 is 4.74 Å². The van der Waals surface area contributed by atoms with Crippen molar-refractivity contribution in [3.63, 3.8) is 0 Å². The molecular weight excluding hydrogens is 236 g/mol. The van der Waals surface area contributed by atoms with E-state index in [0.29, 0.717) is 12.0 Å². The fraction of sp³-hybridized carbons (Fsp3) is 0.625. The lowest BCUT2D eigenvalue weighted by Crippen LogP contribution is -2.40. The van der Waals surface area contributed by atoms with Crippen molar-refractivity contribution >= 4 is 0 Å². The summed E-state index contributed by atoms with van der Waals surface area (Å²) in [7, 11) is 0. The van der Waals surface area contributed by atoms with Crippen molar-refractivity contribution in [2.75, 3.05) is 32.8 Å². The molecule has 1 N–H and O–H groups in total. The molecule has 2 aliphatic rings. The molecule has 0 bridgehead atoms. The molecule has 0 amide bonds. The third-order valence-corrected chi connectivity index (χ3v) is 4.38. The zero-order valence-corrected chi connectivity index (χ0v) is 11.8. The highest BCUT2D eigenvalue weighted by Gasteiger charge is 2.30. The van der Waals surface area contributed by atoms with Gasteiger partial charge in [0.05, 0.1) is 6.61 Å². The SMILES string of the molecule is CCNCC1CCCN1CC1COc2ccccc21. The maximum Gasteiger partial charge on any atom is 0.122 e. The number of benzene rings is 1. The van der Waals surface area contributed by atoms with Crippen molar-refractivity contribution in [1.29, 1.82) is 0 Å². The zero-order chi connectivity index (χ0) is 13.1. The lowest BCUT2D eigenvalue weighted by atomic mass is 10.0. The van der Waals surface area contributed by atoms with Crippen molar-refractivity contribution in [3.05, 3.63) is 29.8 Å². The zero-order valence-electron chi connectivity index (χ0n) is 11.8. The van der Waals surface area contributed by atoms with Gasteiger partial charge in [-0.3, -0.25) is 4.90 Å². The first-order chi connectivity index (χ1) is 9.38. The molecule has 2 unspecified atom stereocenters. The predicted molar refractivity (Wildman–Crippen MR) is 77.8 cm³/mol. The Kier molecular flexibility index (Phi) is 4.04. The Morgan fingerprint density at radius 1 is 1.37 bits per heavy atom. The number of nitrogens with one attached hydrogen (secondary N) is 1. The minimum absolute atomic E-state index is 0.554. The van der Waals surface area contributed by atoms with Gasteiger partial charge in [-0.1, -0.05) is 25.1 Å². The molecule has 2 aliphatic heterocycles. The van der Waals surface area contributed by atoms with Crippen molar-refractivity contribution in [1.82, 2.24) is 10.2 Å². The van der Waals surface area contributed by atoms with E-state index in [4.69, 9.17) is 4.74 Å². The summed E-state index contributed by atoms with van der Waals surface area (Å²) >= 11 is 0. The van der Waals surface area contributed by atoms with E-state index in [-0.39, 0.29) is 0 Å². The second-order valence-corrected chi connectivity index (χ2v) is 5.64. The number of hydrogen-bond acceptors (Lipinski definition) is 3. The standard InChI is InChI=1S/C16H24N2O/c1-2-17-10-14-6-5-9-18(14)11-13-12-19-16-8-4-3-7-15(13)16/h3-4,7-8,13-14,17H,2,5-6,9-12H2,1H3. The van der Waals surface area contributed by atoms with E-state index in [0.717, 1.165) is 32.0 Å². The highest BCUT2D eigenvalue weighted by atomic mass is 16.5. The van der Waals surface area contributed by atoms with Crippen LogP contribution in [-0.2, 0) is 0 Å². The van der Waals surface area contributed by atoms with E-state index in [1.807, 2.05) is 0 Å². The van der Waals surface area contributed by atoms with Crippen LogP contribution in [0, 0.1) is 0 Å². The number of hydrogen-bond donors (Lipinski definition) is 1. The quantitative estimate of drug-likeness (QED) is 0.878. The summed E-state index contributed by atoms with van der Waals surface area (Å²) in [6.07, 6.45) is 2.67. The van der Waals surface area contributed by atoms with Crippen LogP contribution in [0.5, 0.6) is 5.75 Å². The van der Waals surface area contributed by atoms with Gasteiger partial charge >= 0.3 is 0 Å². The molecule has 3 rings (SSSR count). The van der Waals surface area contributed by atoms with Gasteiger partial charge in [0.2, 0.25) is 0 Å². The largest absolute Gasteiger partial charge is 0.493 e. The topological polar surface area (TPSA) is 24.5 Å². The van der Waals surface area contributed by atoms with Crippen LogP contribution in [0.25, 0.3) is 0 Å². The average Bonchev–Trinajstić information content (AvgIpc) is 3.05. The molecule has 2 atom stereocenters.